The molecular weight excluding hydrogens is 317 g/mol. The van der Waals surface area contributed by atoms with E-state index in [0.717, 1.165) is 24.2 Å². The van der Waals surface area contributed by atoms with Gasteiger partial charge in [0.1, 0.15) is 0 Å². The maximum Gasteiger partial charge on any atom is 0.434 e. The number of nitrogens with zero attached hydrogens (tertiary/aromatic N) is 1. The number of nitrogens with one attached hydrogen (secondary N) is 1. The van der Waals surface area contributed by atoms with Crippen molar-refractivity contribution >= 4 is 11.3 Å². The number of hydrogen-bond acceptors (Lipinski definition) is 5. The van der Waals surface area contributed by atoms with E-state index in [-0.39, 0.29) is 29.0 Å². The highest BCUT2D eigenvalue weighted by molar-refractivity contribution is 7.11. The van der Waals surface area contributed by atoms with Gasteiger partial charge in [-0.25, -0.2) is 4.98 Å². The summed E-state index contributed by atoms with van der Waals surface area (Å²) >= 11 is 1.07. The molecular formula is C14H19F3N2O2S. The van der Waals surface area contributed by atoms with Crippen LogP contribution in [0.4, 0.5) is 13.2 Å². The number of hydrogen-bond donors (Lipinski definition) is 2. The van der Waals surface area contributed by atoms with Crippen LogP contribution in [0.3, 0.4) is 0 Å². The third kappa shape index (κ3) is 2.77. The predicted octanol–water partition coefficient (Wildman–Crippen LogP) is 2.49. The first-order valence-corrected chi connectivity index (χ1v) is 8.17. The minimum atomic E-state index is -4.42. The van der Waals surface area contributed by atoms with Crippen LogP contribution in [0.5, 0.6) is 0 Å². The number of halogens is 3. The van der Waals surface area contributed by atoms with Crippen molar-refractivity contribution in [2.45, 2.75) is 51.1 Å². The summed E-state index contributed by atoms with van der Waals surface area (Å²) in [6.45, 7) is 2.92. The molecule has 2 atom stereocenters. The van der Waals surface area contributed by atoms with Crippen molar-refractivity contribution in [3.05, 3.63) is 15.6 Å². The molecule has 0 aromatic carbocycles. The normalized spacial score (nSPS) is 27.9. The van der Waals surface area contributed by atoms with E-state index in [0.29, 0.717) is 24.6 Å². The number of aliphatic hydroxyl groups excluding tert-OH is 1. The minimum Gasteiger partial charge on any atom is -0.392 e. The van der Waals surface area contributed by atoms with Crippen LogP contribution in [0.1, 0.15) is 34.8 Å². The SMILES string of the molecule is Cc1nc(C(F)(F)F)c(CN[C@@H]2C[C@@H](O)C23CCOCC3)s1. The Balaban J connectivity index is 1.68. The molecule has 2 fully saturated rings. The zero-order valence-corrected chi connectivity index (χ0v) is 13.1. The predicted molar refractivity (Wildman–Crippen MR) is 75.6 cm³/mol. The van der Waals surface area contributed by atoms with Gasteiger partial charge in [0, 0.05) is 31.2 Å². The Hall–Kier alpha value is -0.700. The van der Waals surface area contributed by atoms with Gasteiger partial charge in [-0.15, -0.1) is 11.3 Å². The van der Waals surface area contributed by atoms with Gasteiger partial charge in [-0.05, 0) is 26.2 Å². The first-order chi connectivity index (χ1) is 10.3. The summed E-state index contributed by atoms with van der Waals surface area (Å²) in [6, 6.07) is 0.0369. The van der Waals surface area contributed by atoms with Gasteiger partial charge < -0.3 is 15.2 Å². The third-order valence-electron chi connectivity index (χ3n) is 4.82. The van der Waals surface area contributed by atoms with Crippen molar-refractivity contribution in [2.75, 3.05) is 13.2 Å². The van der Waals surface area contributed by atoms with Crippen molar-refractivity contribution < 1.29 is 23.0 Å². The van der Waals surface area contributed by atoms with E-state index in [2.05, 4.69) is 10.3 Å². The molecule has 1 aliphatic carbocycles. The number of ether oxygens (including phenoxy) is 1. The Morgan fingerprint density at radius 1 is 1.41 bits per heavy atom. The number of aryl methyl sites for hydroxylation is 1. The molecule has 0 bridgehead atoms. The molecule has 1 aromatic heterocycles. The molecule has 1 aromatic rings. The van der Waals surface area contributed by atoms with E-state index in [9.17, 15) is 18.3 Å². The number of aromatic nitrogens is 1. The number of thiazole rings is 1. The lowest BCUT2D eigenvalue weighted by atomic mass is 9.58. The van der Waals surface area contributed by atoms with E-state index < -0.39 is 11.9 Å². The average Bonchev–Trinajstić information content (AvgIpc) is 2.85. The van der Waals surface area contributed by atoms with E-state index in [1.807, 2.05) is 0 Å². The van der Waals surface area contributed by atoms with Crippen LogP contribution in [0.25, 0.3) is 0 Å². The van der Waals surface area contributed by atoms with Crippen LogP contribution < -0.4 is 5.32 Å². The molecule has 1 aliphatic heterocycles. The van der Waals surface area contributed by atoms with Crippen molar-refractivity contribution in [3.8, 4) is 0 Å². The standard InChI is InChI=1S/C14H19F3N2O2S/c1-8-19-12(14(15,16)17)9(22-8)7-18-10-6-11(20)13(10)2-4-21-5-3-13/h10-11,18,20H,2-7H2,1H3/t10-,11-/m1/s1. The third-order valence-corrected chi connectivity index (χ3v) is 5.79. The molecule has 2 heterocycles. The Morgan fingerprint density at radius 2 is 2.09 bits per heavy atom. The maximum atomic E-state index is 13.0. The smallest absolute Gasteiger partial charge is 0.392 e. The van der Waals surface area contributed by atoms with Crippen LogP contribution in [-0.4, -0.2) is 35.5 Å². The van der Waals surface area contributed by atoms with Gasteiger partial charge in [-0.2, -0.15) is 13.2 Å². The first kappa shape index (κ1) is 16.2. The molecule has 1 spiro atoms. The van der Waals surface area contributed by atoms with Crippen molar-refractivity contribution in [1.29, 1.82) is 0 Å². The van der Waals surface area contributed by atoms with Gasteiger partial charge in [0.2, 0.25) is 0 Å². The molecule has 2 N–H and O–H groups in total. The van der Waals surface area contributed by atoms with Crippen LogP contribution in [0, 0.1) is 12.3 Å². The van der Waals surface area contributed by atoms with Crippen molar-refractivity contribution in [2.24, 2.45) is 5.41 Å². The molecule has 3 rings (SSSR count). The maximum absolute atomic E-state index is 13.0. The topological polar surface area (TPSA) is 54.4 Å². The van der Waals surface area contributed by atoms with Gasteiger partial charge >= 0.3 is 6.18 Å². The van der Waals surface area contributed by atoms with Crippen LogP contribution in [-0.2, 0) is 17.5 Å². The molecule has 22 heavy (non-hydrogen) atoms. The van der Waals surface area contributed by atoms with E-state index in [1.54, 1.807) is 6.92 Å². The monoisotopic (exact) mass is 336 g/mol. The summed E-state index contributed by atoms with van der Waals surface area (Å²) in [6.07, 6.45) is -2.73. The fraction of sp³-hybridized carbons (Fsp3) is 0.786. The fourth-order valence-electron chi connectivity index (χ4n) is 3.51. The van der Waals surface area contributed by atoms with Crippen molar-refractivity contribution in [3.63, 3.8) is 0 Å². The van der Waals surface area contributed by atoms with Gasteiger partial charge in [0.05, 0.1) is 16.0 Å². The largest absolute Gasteiger partial charge is 0.434 e. The Bertz CT molecular complexity index is 541. The highest BCUT2D eigenvalue weighted by Gasteiger charge is 2.54. The molecule has 2 aliphatic rings. The molecule has 4 nitrogen and oxygen atoms in total. The highest BCUT2D eigenvalue weighted by atomic mass is 32.1. The highest BCUT2D eigenvalue weighted by Crippen LogP contribution is 2.49. The van der Waals surface area contributed by atoms with Gasteiger partial charge in [-0.3, -0.25) is 0 Å². The average molecular weight is 336 g/mol. The van der Waals surface area contributed by atoms with Crippen LogP contribution in [0.15, 0.2) is 0 Å². The molecule has 8 heteroatoms. The van der Waals surface area contributed by atoms with E-state index >= 15 is 0 Å². The second kappa shape index (κ2) is 5.74. The van der Waals surface area contributed by atoms with Crippen LogP contribution >= 0.6 is 11.3 Å². The minimum absolute atomic E-state index is 0.0369. The Labute approximate surface area is 130 Å². The molecule has 1 saturated heterocycles. The summed E-state index contributed by atoms with van der Waals surface area (Å²) < 4.78 is 44.2. The Kier molecular flexibility index (Phi) is 4.22. The molecule has 0 radical (unpaired) electrons. The lowest BCUT2D eigenvalue weighted by Crippen LogP contribution is -2.64. The summed E-state index contributed by atoms with van der Waals surface area (Å²) in [5.41, 5.74) is -1.03. The first-order valence-electron chi connectivity index (χ1n) is 7.35. The zero-order valence-electron chi connectivity index (χ0n) is 12.2. The van der Waals surface area contributed by atoms with Gasteiger partial charge in [-0.1, -0.05) is 0 Å². The quantitative estimate of drug-likeness (QED) is 0.890. The van der Waals surface area contributed by atoms with Crippen molar-refractivity contribution in [1.82, 2.24) is 10.3 Å². The molecule has 0 amide bonds. The number of aliphatic hydroxyl groups is 1. The molecule has 124 valence electrons. The zero-order chi connectivity index (χ0) is 16.0. The van der Waals surface area contributed by atoms with E-state index in [1.165, 1.54) is 0 Å². The molecule has 0 unspecified atom stereocenters. The number of rotatable bonds is 3. The molecule has 1 saturated carbocycles. The van der Waals surface area contributed by atoms with Crippen LogP contribution in [0.2, 0.25) is 0 Å². The fourth-order valence-corrected chi connectivity index (χ4v) is 4.42. The Morgan fingerprint density at radius 3 is 2.68 bits per heavy atom. The second-order valence-electron chi connectivity index (χ2n) is 6.03. The van der Waals surface area contributed by atoms with Gasteiger partial charge in [0.25, 0.3) is 0 Å². The van der Waals surface area contributed by atoms with Gasteiger partial charge in [0.15, 0.2) is 5.69 Å². The summed E-state index contributed by atoms with van der Waals surface area (Å²) in [5, 5.41) is 13.7. The summed E-state index contributed by atoms with van der Waals surface area (Å²) in [5.74, 6) is 0. The lowest BCUT2D eigenvalue weighted by Gasteiger charge is -2.56. The lowest BCUT2D eigenvalue weighted by molar-refractivity contribution is -0.149. The summed E-state index contributed by atoms with van der Waals surface area (Å²) in [7, 11) is 0. The second-order valence-corrected chi connectivity index (χ2v) is 7.32. The number of alkyl halides is 3. The van der Waals surface area contributed by atoms with E-state index in [4.69, 9.17) is 4.74 Å². The summed E-state index contributed by atoms with van der Waals surface area (Å²) in [4.78, 5) is 3.82.